The quantitative estimate of drug-likeness (QED) is 0.629. The Morgan fingerprint density at radius 2 is 1.56 bits per heavy atom. The van der Waals surface area contributed by atoms with Crippen LogP contribution in [0.5, 0.6) is 0 Å². The molecule has 1 aromatic carbocycles. The molecule has 0 radical (unpaired) electrons. The van der Waals surface area contributed by atoms with E-state index in [4.69, 9.17) is 0 Å². The number of hydrogen-bond donors (Lipinski definition) is 0. The number of imide groups is 1. The summed E-state index contributed by atoms with van der Waals surface area (Å²) in [5.41, 5.74) is 2.03. The Bertz CT molecular complexity index is 424. The Morgan fingerprint density at radius 1 is 1.06 bits per heavy atom. The maximum Gasteiger partial charge on any atom is 0.261 e. The monoisotopic (exact) mass is 219 g/mol. The molecular formula is C13H17NO2. The Hall–Kier alpha value is -1.64. The van der Waals surface area contributed by atoms with Crippen molar-refractivity contribution in [3.8, 4) is 0 Å². The molecule has 1 heterocycles. The zero-order chi connectivity index (χ0) is 12.3. The minimum Gasteiger partial charge on any atom is -0.277 e. The molecule has 0 aliphatic carbocycles. The first-order chi connectivity index (χ1) is 7.52. The SMILES string of the molecule is CCC.Cc1ccc2c(c1)C(=O)N(C)C2=O. The Kier molecular flexibility index (Phi) is 3.82. The fourth-order valence-electron chi connectivity index (χ4n) is 1.48. The van der Waals surface area contributed by atoms with Crippen molar-refractivity contribution in [1.29, 1.82) is 0 Å². The predicted octanol–water partition coefficient (Wildman–Crippen LogP) is 2.64. The third kappa shape index (κ3) is 2.13. The molecule has 0 fully saturated rings. The number of carbonyl (C=O) groups excluding carboxylic acids is 2. The molecule has 1 aliphatic heterocycles. The second-order valence-electron chi connectivity index (χ2n) is 3.93. The van der Waals surface area contributed by atoms with Crippen LogP contribution in [0.4, 0.5) is 0 Å². The van der Waals surface area contributed by atoms with E-state index in [0.29, 0.717) is 11.1 Å². The standard InChI is InChI=1S/C10H9NO2.C3H8/c1-6-3-4-7-8(5-6)10(13)11(2)9(7)12;1-3-2/h3-5H,1-2H3;3H2,1-2H3. The van der Waals surface area contributed by atoms with Crippen LogP contribution in [0.1, 0.15) is 46.5 Å². The lowest BCUT2D eigenvalue weighted by Crippen LogP contribution is -2.24. The average molecular weight is 219 g/mol. The second kappa shape index (κ2) is 4.92. The lowest BCUT2D eigenvalue weighted by molar-refractivity contribution is 0.0693. The largest absolute Gasteiger partial charge is 0.277 e. The molecule has 0 saturated carbocycles. The lowest BCUT2D eigenvalue weighted by atomic mass is 10.1. The molecule has 0 atom stereocenters. The molecule has 0 unspecified atom stereocenters. The van der Waals surface area contributed by atoms with Gasteiger partial charge in [0.05, 0.1) is 11.1 Å². The maximum absolute atomic E-state index is 11.5. The van der Waals surface area contributed by atoms with Gasteiger partial charge in [-0.15, -0.1) is 0 Å². The molecule has 2 amide bonds. The summed E-state index contributed by atoms with van der Waals surface area (Å²) in [6.45, 7) is 6.15. The summed E-state index contributed by atoms with van der Waals surface area (Å²) in [6, 6.07) is 5.29. The van der Waals surface area contributed by atoms with Crippen molar-refractivity contribution in [2.45, 2.75) is 27.2 Å². The summed E-state index contributed by atoms with van der Waals surface area (Å²) < 4.78 is 0. The maximum atomic E-state index is 11.5. The van der Waals surface area contributed by atoms with Gasteiger partial charge >= 0.3 is 0 Å². The van der Waals surface area contributed by atoms with Crippen molar-refractivity contribution < 1.29 is 9.59 Å². The van der Waals surface area contributed by atoms with Gasteiger partial charge in [-0.2, -0.15) is 0 Å². The number of amides is 2. The molecule has 1 aromatic rings. The van der Waals surface area contributed by atoms with Crippen LogP contribution in [0.3, 0.4) is 0 Å². The summed E-state index contributed by atoms with van der Waals surface area (Å²) in [7, 11) is 1.50. The number of carbonyl (C=O) groups is 2. The predicted molar refractivity (Wildman–Crippen MR) is 63.6 cm³/mol. The van der Waals surface area contributed by atoms with Crippen LogP contribution >= 0.6 is 0 Å². The first-order valence-corrected chi connectivity index (χ1v) is 5.45. The van der Waals surface area contributed by atoms with Gasteiger partial charge in [0.25, 0.3) is 11.8 Å². The lowest BCUT2D eigenvalue weighted by Gasteiger charge is -2.02. The highest BCUT2D eigenvalue weighted by molar-refractivity contribution is 6.21. The van der Waals surface area contributed by atoms with Crippen LogP contribution < -0.4 is 0 Å². The fraction of sp³-hybridized carbons (Fsp3) is 0.385. The highest BCUT2D eigenvalue weighted by atomic mass is 16.2. The number of aryl methyl sites for hydroxylation is 1. The number of fused-ring (bicyclic) bond motifs is 1. The van der Waals surface area contributed by atoms with E-state index in [1.54, 1.807) is 12.1 Å². The topological polar surface area (TPSA) is 37.4 Å². The minimum atomic E-state index is -0.208. The number of rotatable bonds is 0. The van der Waals surface area contributed by atoms with Gasteiger partial charge in [-0.3, -0.25) is 14.5 Å². The van der Waals surface area contributed by atoms with E-state index in [0.717, 1.165) is 10.5 Å². The highest BCUT2D eigenvalue weighted by Gasteiger charge is 2.32. The van der Waals surface area contributed by atoms with Gasteiger partial charge in [0.15, 0.2) is 0 Å². The van der Waals surface area contributed by atoms with E-state index >= 15 is 0 Å². The normalized spacial score (nSPS) is 13.4. The zero-order valence-electron chi connectivity index (χ0n) is 10.2. The Balaban J connectivity index is 0.000000386. The molecular weight excluding hydrogens is 202 g/mol. The second-order valence-corrected chi connectivity index (χ2v) is 3.93. The van der Waals surface area contributed by atoms with Crippen LogP contribution in [0.15, 0.2) is 18.2 Å². The van der Waals surface area contributed by atoms with Gasteiger partial charge in [-0.25, -0.2) is 0 Å². The molecule has 16 heavy (non-hydrogen) atoms. The fourth-order valence-corrected chi connectivity index (χ4v) is 1.48. The van der Waals surface area contributed by atoms with Crippen molar-refractivity contribution in [3.63, 3.8) is 0 Å². The summed E-state index contributed by atoms with van der Waals surface area (Å²) in [5, 5.41) is 0. The van der Waals surface area contributed by atoms with Crippen molar-refractivity contribution in [2.24, 2.45) is 0 Å². The van der Waals surface area contributed by atoms with Gasteiger partial charge in [-0.1, -0.05) is 31.9 Å². The average Bonchev–Trinajstić information content (AvgIpc) is 2.45. The summed E-state index contributed by atoms with van der Waals surface area (Å²) in [6.07, 6.45) is 1.25. The van der Waals surface area contributed by atoms with E-state index in [1.165, 1.54) is 13.5 Å². The molecule has 1 aliphatic rings. The molecule has 0 spiro atoms. The molecule has 0 bridgehead atoms. The number of hydrogen-bond acceptors (Lipinski definition) is 2. The van der Waals surface area contributed by atoms with Gasteiger partial charge in [-0.05, 0) is 19.1 Å². The number of nitrogens with zero attached hydrogens (tertiary/aromatic N) is 1. The molecule has 0 N–H and O–H groups in total. The first kappa shape index (κ1) is 12.4. The zero-order valence-corrected chi connectivity index (χ0v) is 10.2. The van der Waals surface area contributed by atoms with E-state index in [9.17, 15) is 9.59 Å². The van der Waals surface area contributed by atoms with E-state index < -0.39 is 0 Å². The van der Waals surface area contributed by atoms with Crippen molar-refractivity contribution in [3.05, 3.63) is 34.9 Å². The van der Waals surface area contributed by atoms with Gasteiger partial charge < -0.3 is 0 Å². The van der Waals surface area contributed by atoms with Crippen molar-refractivity contribution in [1.82, 2.24) is 4.90 Å². The van der Waals surface area contributed by atoms with Crippen LogP contribution in [0, 0.1) is 6.92 Å². The summed E-state index contributed by atoms with van der Waals surface area (Å²) in [4.78, 5) is 24.0. The van der Waals surface area contributed by atoms with Crippen molar-refractivity contribution >= 4 is 11.8 Å². The highest BCUT2D eigenvalue weighted by Crippen LogP contribution is 2.21. The Labute approximate surface area is 96.1 Å². The van der Waals surface area contributed by atoms with E-state index in [2.05, 4.69) is 13.8 Å². The van der Waals surface area contributed by atoms with Crippen molar-refractivity contribution in [2.75, 3.05) is 7.05 Å². The Morgan fingerprint density at radius 3 is 2.12 bits per heavy atom. The molecule has 0 saturated heterocycles. The third-order valence-corrected chi connectivity index (χ3v) is 2.25. The molecule has 3 nitrogen and oxygen atoms in total. The molecule has 2 rings (SSSR count). The van der Waals surface area contributed by atoms with Gasteiger partial charge in [0, 0.05) is 7.05 Å². The van der Waals surface area contributed by atoms with Crippen LogP contribution in [-0.2, 0) is 0 Å². The van der Waals surface area contributed by atoms with Crippen LogP contribution in [0.25, 0.3) is 0 Å². The summed E-state index contributed by atoms with van der Waals surface area (Å²) >= 11 is 0. The minimum absolute atomic E-state index is 0.205. The number of benzene rings is 1. The van der Waals surface area contributed by atoms with Crippen LogP contribution in [0.2, 0.25) is 0 Å². The van der Waals surface area contributed by atoms with E-state index in [1.807, 2.05) is 13.0 Å². The molecule has 86 valence electrons. The molecule has 0 aromatic heterocycles. The first-order valence-electron chi connectivity index (χ1n) is 5.45. The van der Waals surface area contributed by atoms with Crippen LogP contribution in [-0.4, -0.2) is 23.8 Å². The van der Waals surface area contributed by atoms with Gasteiger partial charge in [0.2, 0.25) is 0 Å². The van der Waals surface area contributed by atoms with Gasteiger partial charge in [0.1, 0.15) is 0 Å². The smallest absolute Gasteiger partial charge is 0.261 e. The summed E-state index contributed by atoms with van der Waals surface area (Å²) in [5.74, 6) is -0.413. The molecule has 3 heteroatoms. The third-order valence-electron chi connectivity index (χ3n) is 2.25. The van der Waals surface area contributed by atoms with E-state index in [-0.39, 0.29) is 11.8 Å².